The van der Waals surface area contributed by atoms with Crippen LogP contribution in [0.2, 0.25) is 0 Å². The monoisotopic (exact) mass is 327 g/mol. The zero-order valence-corrected chi connectivity index (χ0v) is 13.7. The lowest BCUT2D eigenvalue weighted by Crippen LogP contribution is -2.22. The summed E-state index contributed by atoms with van der Waals surface area (Å²) in [5.74, 6) is 0.952. The van der Waals surface area contributed by atoms with Gasteiger partial charge in [-0.1, -0.05) is 24.8 Å². The Morgan fingerprint density at radius 2 is 2.39 bits per heavy atom. The Morgan fingerprint density at radius 3 is 3.22 bits per heavy atom. The van der Waals surface area contributed by atoms with Crippen LogP contribution < -0.4 is 5.32 Å². The van der Waals surface area contributed by atoms with E-state index in [-0.39, 0.29) is 5.91 Å². The summed E-state index contributed by atoms with van der Waals surface area (Å²) in [7, 11) is 0. The fourth-order valence-corrected chi connectivity index (χ4v) is 3.75. The minimum absolute atomic E-state index is 0.127. The summed E-state index contributed by atoms with van der Waals surface area (Å²) in [4.78, 5) is 17.0. The van der Waals surface area contributed by atoms with Crippen molar-refractivity contribution in [3.05, 3.63) is 47.5 Å². The molecule has 0 atom stereocenters. The quantitative estimate of drug-likeness (QED) is 0.799. The first-order chi connectivity index (χ1) is 11.2. The van der Waals surface area contributed by atoms with Gasteiger partial charge in [0.2, 0.25) is 0 Å². The van der Waals surface area contributed by atoms with E-state index < -0.39 is 0 Å². The molecule has 1 aliphatic rings. The lowest BCUT2D eigenvalue weighted by atomic mass is 10.1. The second-order valence-electron chi connectivity index (χ2n) is 5.57. The van der Waals surface area contributed by atoms with E-state index in [2.05, 4.69) is 21.8 Å². The Labute approximate surface area is 138 Å². The molecular formula is C17H17N3O2S. The maximum atomic E-state index is 12.5. The fraction of sp³-hybridized carbons (Fsp3) is 0.294. The summed E-state index contributed by atoms with van der Waals surface area (Å²) in [6, 6.07) is 5.97. The van der Waals surface area contributed by atoms with E-state index in [0.717, 1.165) is 40.5 Å². The summed E-state index contributed by atoms with van der Waals surface area (Å²) < 4.78 is 7.62. The Balaban J connectivity index is 1.52. The standard InChI is InChI=1S/C17H17N3O2S/c1-2-11-3-4-15-13(7-11)14(10-22-15)16(21)18-8-12-9-20-5-6-23-17(20)19-12/h3-4,7,9-10H,2,5-6,8H2,1H3,(H,18,21). The van der Waals surface area contributed by atoms with Crippen molar-refractivity contribution in [2.45, 2.75) is 31.6 Å². The van der Waals surface area contributed by atoms with E-state index in [9.17, 15) is 4.79 Å². The van der Waals surface area contributed by atoms with Crippen LogP contribution in [0.5, 0.6) is 0 Å². The number of aromatic nitrogens is 2. The first kappa shape index (κ1) is 14.4. The molecule has 0 fully saturated rings. The normalized spacial score (nSPS) is 13.4. The lowest BCUT2D eigenvalue weighted by molar-refractivity contribution is 0.0951. The molecule has 0 aliphatic carbocycles. The predicted molar refractivity (Wildman–Crippen MR) is 89.7 cm³/mol. The van der Waals surface area contributed by atoms with Crippen LogP contribution in [-0.2, 0) is 19.5 Å². The van der Waals surface area contributed by atoms with Gasteiger partial charge in [-0.3, -0.25) is 4.79 Å². The van der Waals surface area contributed by atoms with E-state index >= 15 is 0 Å². The van der Waals surface area contributed by atoms with E-state index in [0.29, 0.717) is 12.1 Å². The van der Waals surface area contributed by atoms with Gasteiger partial charge in [-0.05, 0) is 24.1 Å². The molecule has 0 spiro atoms. The number of amides is 1. The van der Waals surface area contributed by atoms with Crippen LogP contribution in [-0.4, -0.2) is 21.2 Å². The van der Waals surface area contributed by atoms with Gasteiger partial charge in [0.05, 0.1) is 17.8 Å². The average Bonchev–Trinajstić information content (AvgIpc) is 3.25. The number of imidazole rings is 1. The minimum Gasteiger partial charge on any atom is -0.463 e. The number of furan rings is 1. The number of nitrogens with one attached hydrogen (secondary N) is 1. The van der Waals surface area contributed by atoms with Crippen molar-refractivity contribution < 1.29 is 9.21 Å². The number of fused-ring (bicyclic) bond motifs is 2. The van der Waals surface area contributed by atoms with Crippen LogP contribution in [0.15, 0.2) is 40.2 Å². The first-order valence-corrected chi connectivity index (χ1v) is 8.70. The zero-order chi connectivity index (χ0) is 15.8. The molecule has 118 valence electrons. The van der Waals surface area contributed by atoms with Crippen molar-refractivity contribution in [3.8, 4) is 0 Å². The van der Waals surface area contributed by atoms with Gasteiger partial charge in [-0.25, -0.2) is 4.98 Å². The molecule has 0 unspecified atom stereocenters. The number of rotatable bonds is 4. The number of hydrogen-bond donors (Lipinski definition) is 1. The third kappa shape index (κ3) is 2.63. The van der Waals surface area contributed by atoms with Gasteiger partial charge in [0.25, 0.3) is 5.91 Å². The molecule has 3 heterocycles. The Bertz CT molecular complexity index is 860. The van der Waals surface area contributed by atoms with Gasteiger partial charge in [-0.2, -0.15) is 0 Å². The van der Waals surface area contributed by atoms with Gasteiger partial charge >= 0.3 is 0 Å². The number of nitrogens with zero attached hydrogens (tertiary/aromatic N) is 2. The number of carbonyl (C=O) groups is 1. The second kappa shape index (κ2) is 5.77. The Hall–Kier alpha value is -2.21. The summed E-state index contributed by atoms with van der Waals surface area (Å²) >= 11 is 1.75. The molecule has 4 rings (SSSR count). The van der Waals surface area contributed by atoms with Crippen LogP contribution >= 0.6 is 11.8 Å². The number of aryl methyl sites for hydroxylation is 2. The van der Waals surface area contributed by atoms with Crippen LogP contribution in [0.3, 0.4) is 0 Å². The molecule has 0 saturated heterocycles. The lowest BCUT2D eigenvalue weighted by Gasteiger charge is -2.02. The topological polar surface area (TPSA) is 60.1 Å². The average molecular weight is 327 g/mol. The highest BCUT2D eigenvalue weighted by Crippen LogP contribution is 2.25. The second-order valence-corrected chi connectivity index (χ2v) is 6.63. The van der Waals surface area contributed by atoms with Gasteiger partial charge < -0.3 is 14.3 Å². The van der Waals surface area contributed by atoms with Gasteiger partial charge in [0.15, 0.2) is 5.16 Å². The van der Waals surface area contributed by atoms with E-state index in [1.807, 2.05) is 24.4 Å². The molecule has 0 bridgehead atoms. The highest BCUT2D eigenvalue weighted by molar-refractivity contribution is 7.99. The third-order valence-electron chi connectivity index (χ3n) is 4.07. The summed E-state index contributed by atoms with van der Waals surface area (Å²) in [6.45, 7) is 3.52. The number of hydrogen-bond acceptors (Lipinski definition) is 4. The summed E-state index contributed by atoms with van der Waals surface area (Å²) in [6.07, 6.45) is 4.47. The molecule has 6 heteroatoms. The number of thioether (sulfide) groups is 1. The Morgan fingerprint density at radius 1 is 1.48 bits per heavy atom. The predicted octanol–water partition coefficient (Wildman–Crippen LogP) is 3.23. The zero-order valence-electron chi connectivity index (χ0n) is 12.8. The maximum Gasteiger partial charge on any atom is 0.255 e. The van der Waals surface area contributed by atoms with Crippen LogP contribution in [0, 0.1) is 0 Å². The molecule has 2 aromatic heterocycles. The Kier molecular flexibility index (Phi) is 3.61. The van der Waals surface area contributed by atoms with Gasteiger partial charge in [0, 0.05) is 23.9 Å². The molecule has 1 amide bonds. The van der Waals surface area contributed by atoms with Gasteiger partial charge in [0.1, 0.15) is 11.8 Å². The molecule has 1 aliphatic heterocycles. The highest BCUT2D eigenvalue weighted by Gasteiger charge is 2.17. The van der Waals surface area contributed by atoms with Crippen molar-refractivity contribution >= 4 is 28.6 Å². The summed E-state index contributed by atoms with van der Waals surface area (Å²) in [5.41, 5.74) is 3.40. The van der Waals surface area contributed by atoms with Crippen LogP contribution in [0.4, 0.5) is 0 Å². The molecule has 23 heavy (non-hydrogen) atoms. The molecule has 0 radical (unpaired) electrons. The molecular weight excluding hydrogens is 310 g/mol. The fourth-order valence-electron chi connectivity index (χ4n) is 2.78. The van der Waals surface area contributed by atoms with Crippen LogP contribution in [0.1, 0.15) is 28.5 Å². The number of benzene rings is 1. The van der Waals surface area contributed by atoms with Crippen LogP contribution in [0.25, 0.3) is 11.0 Å². The van der Waals surface area contributed by atoms with E-state index in [4.69, 9.17) is 4.42 Å². The number of carbonyl (C=O) groups excluding carboxylic acids is 1. The first-order valence-electron chi connectivity index (χ1n) is 7.72. The van der Waals surface area contributed by atoms with Gasteiger partial charge in [-0.15, -0.1) is 0 Å². The van der Waals surface area contributed by atoms with Crippen molar-refractivity contribution in [2.75, 3.05) is 5.75 Å². The molecule has 0 saturated carbocycles. The molecule has 1 aromatic carbocycles. The molecule has 5 nitrogen and oxygen atoms in total. The van der Waals surface area contributed by atoms with Crippen molar-refractivity contribution in [1.29, 1.82) is 0 Å². The molecule has 3 aromatic rings. The largest absolute Gasteiger partial charge is 0.463 e. The summed E-state index contributed by atoms with van der Waals surface area (Å²) in [5, 5.41) is 4.84. The third-order valence-corrected chi connectivity index (χ3v) is 5.04. The maximum absolute atomic E-state index is 12.5. The highest BCUT2D eigenvalue weighted by atomic mass is 32.2. The molecule has 1 N–H and O–H groups in total. The SMILES string of the molecule is CCc1ccc2occ(C(=O)NCc3cn4c(n3)SCC4)c2c1. The van der Waals surface area contributed by atoms with Crippen molar-refractivity contribution in [3.63, 3.8) is 0 Å². The minimum atomic E-state index is -0.127. The van der Waals surface area contributed by atoms with E-state index in [1.54, 1.807) is 11.8 Å². The van der Waals surface area contributed by atoms with Crippen molar-refractivity contribution in [1.82, 2.24) is 14.9 Å². The smallest absolute Gasteiger partial charge is 0.255 e. The van der Waals surface area contributed by atoms with E-state index in [1.165, 1.54) is 11.8 Å². The van der Waals surface area contributed by atoms with Crippen molar-refractivity contribution in [2.24, 2.45) is 0 Å².